The van der Waals surface area contributed by atoms with E-state index in [0.717, 1.165) is 42.3 Å². The number of aliphatic imine (C=N–C) groups is 2. The Kier molecular flexibility index (Phi) is 8.89. The summed E-state index contributed by atoms with van der Waals surface area (Å²) in [5, 5.41) is 0. The van der Waals surface area contributed by atoms with Crippen molar-refractivity contribution in [2.45, 2.75) is 52.5 Å². The summed E-state index contributed by atoms with van der Waals surface area (Å²) in [5.41, 5.74) is 22.1. The number of fused-ring (bicyclic) bond motifs is 7. The van der Waals surface area contributed by atoms with Gasteiger partial charge in [-0.1, -0.05) is 163 Å². The molecular weight excluding hydrogens is 641 g/mol. The first-order valence-corrected chi connectivity index (χ1v) is 19.1. The van der Waals surface area contributed by atoms with Gasteiger partial charge in [-0.25, -0.2) is 4.99 Å². The molecule has 0 amide bonds. The lowest BCUT2D eigenvalue weighted by Gasteiger charge is -2.31. The normalized spacial score (nSPS) is 16.6. The van der Waals surface area contributed by atoms with E-state index in [2.05, 4.69) is 129 Å². The minimum atomic E-state index is 0.608. The minimum absolute atomic E-state index is 0.608. The van der Waals surface area contributed by atoms with Crippen LogP contribution in [0, 0.1) is 12.8 Å². The maximum absolute atomic E-state index is 5.07. The van der Waals surface area contributed by atoms with E-state index < -0.39 is 0 Å². The van der Waals surface area contributed by atoms with Crippen molar-refractivity contribution in [2.24, 2.45) is 15.9 Å². The van der Waals surface area contributed by atoms with Gasteiger partial charge in [0.1, 0.15) is 0 Å². The lowest BCUT2D eigenvalue weighted by atomic mass is 9.73. The van der Waals surface area contributed by atoms with Crippen LogP contribution in [0.15, 0.2) is 173 Å². The average Bonchev–Trinajstić information content (AvgIpc) is 3.76. The van der Waals surface area contributed by atoms with Gasteiger partial charge >= 0.3 is 0 Å². The summed E-state index contributed by atoms with van der Waals surface area (Å²) in [6, 6.07) is 51.9. The zero-order valence-electron chi connectivity index (χ0n) is 30.6. The molecule has 0 saturated heterocycles. The Balaban J connectivity index is 0.000000152. The van der Waals surface area contributed by atoms with E-state index >= 15 is 0 Å². The second kappa shape index (κ2) is 14.3. The summed E-state index contributed by atoms with van der Waals surface area (Å²) in [4.78, 5) is 9.98. The molecule has 2 nitrogen and oxygen atoms in total. The zero-order valence-corrected chi connectivity index (χ0v) is 30.6. The Morgan fingerprint density at radius 2 is 1.30 bits per heavy atom. The molecule has 0 aliphatic heterocycles. The van der Waals surface area contributed by atoms with Crippen molar-refractivity contribution in [1.29, 1.82) is 0 Å². The van der Waals surface area contributed by atoms with Gasteiger partial charge < -0.3 is 0 Å². The molecule has 258 valence electrons. The largest absolute Gasteiger partial charge is 0.261 e. The number of amidine groups is 1. The van der Waals surface area contributed by atoms with Crippen molar-refractivity contribution in [3.63, 3.8) is 0 Å². The Morgan fingerprint density at radius 3 is 2.13 bits per heavy atom. The van der Waals surface area contributed by atoms with Gasteiger partial charge in [-0.3, -0.25) is 4.99 Å². The highest BCUT2D eigenvalue weighted by Crippen LogP contribution is 2.46. The molecule has 0 radical (unpaired) electrons. The van der Waals surface area contributed by atoms with Crippen LogP contribution in [0.5, 0.6) is 0 Å². The molecule has 0 spiro atoms. The summed E-state index contributed by atoms with van der Waals surface area (Å²) < 4.78 is 0. The Labute approximate surface area is 314 Å². The van der Waals surface area contributed by atoms with Gasteiger partial charge in [-0.2, -0.15) is 0 Å². The number of nitrogens with zero attached hydrogens (tertiary/aromatic N) is 2. The summed E-state index contributed by atoms with van der Waals surface area (Å²) in [6.07, 6.45) is 8.28. The monoisotopic (exact) mass is 684 g/mol. The van der Waals surface area contributed by atoms with Gasteiger partial charge in [0, 0.05) is 16.8 Å². The summed E-state index contributed by atoms with van der Waals surface area (Å²) in [6.45, 7) is 4.87. The van der Waals surface area contributed by atoms with Crippen LogP contribution in [0.1, 0.15) is 69.0 Å². The molecule has 0 aromatic heterocycles. The SMILES string of the molecule is C1=C2Cc3ccccc3CC2CC2=C1Cc1ccccc12.CC(=NC(=NCc1ccccc1)c1ccccc1)c1cccc2c1-c1cc(C)ccc1C2. The van der Waals surface area contributed by atoms with E-state index in [1.54, 1.807) is 27.8 Å². The molecule has 0 fully saturated rings. The molecule has 4 aliphatic rings. The third kappa shape index (κ3) is 6.66. The highest BCUT2D eigenvalue weighted by atomic mass is 14.9. The number of hydrogen-bond acceptors (Lipinski definition) is 1. The highest BCUT2D eigenvalue weighted by molar-refractivity contribution is 6.14. The molecular formula is C51H44N2. The lowest BCUT2D eigenvalue weighted by Crippen LogP contribution is -2.20. The molecule has 10 rings (SSSR count). The summed E-state index contributed by atoms with van der Waals surface area (Å²) >= 11 is 0. The smallest absolute Gasteiger partial charge is 0.155 e. The fourth-order valence-corrected chi connectivity index (χ4v) is 8.76. The van der Waals surface area contributed by atoms with Crippen LogP contribution in [0.3, 0.4) is 0 Å². The van der Waals surface area contributed by atoms with Crippen molar-refractivity contribution < 1.29 is 0 Å². The van der Waals surface area contributed by atoms with Crippen LogP contribution in [-0.4, -0.2) is 11.5 Å². The standard InChI is InChI=1S/C30H26N2.C21H18/c1-21-16-17-25-19-26-14-9-15-27(29(26)28(25)18-21)22(2)32-30(24-12-7-4-8-13-24)31-20-23-10-5-3-6-11-23;1-2-6-15-10-18-13-21-19(12-17(18)9-14(15)5-1)11-16-7-3-4-8-20(16)21/h3-18H,19-20H2,1-2H3;1-8,12,18H,9-11,13H2. The summed E-state index contributed by atoms with van der Waals surface area (Å²) in [5.74, 6) is 1.50. The molecule has 0 heterocycles. The van der Waals surface area contributed by atoms with Gasteiger partial charge in [0.2, 0.25) is 0 Å². The number of rotatable bonds is 4. The quantitative estimate of drug-likeness (QED) is 0.130. The second-order valence-corrected chi connectivity index (χ2v) is 15.0. The molecule has 53 heavy (non-hydrogen) atoms. The van der Waals surface area contributed by atoms with E-state index in [1.807, 2.05) is 36.4 Å². The molecule has 2 heteroatoms. The first kappa shape index (κ1) is 33.0. The molecule has 6 aromatic carbocycles. The third-order valence-corrected chi connectivity index (χ3v) is 11.4. The van der Waals surface area contributed by atoms with Crippen LogP contribution >= 0.6 is 0 Å². The number of benzene rings is 6. The second-order valence-electron chi connectivity index (χ2n) is 15.0. The number of allylic oxidation sites excluding steroid dienone is 4. The average molecular weight is 685 g/mol. The molecule has 0 saturated carbocycles. The van der Waals surface area contributed by atoms with Crippen LogP contribution in [-0.2, 0) is 32.2 Å². The van der Waals surface area contributed by atoms with Gasteiger partial charge in [0.25, 0.3) is 0 Å². The fourth-order valence-electron chi connectivity index (χ4n) is 8.76. The first-order valence-electron chi connectivity index (χ1n) is 19.1. The molecule has 1 atom stereocenters. The van der Waals surface area contributed by atoms with Crippen molar-refractivity contribution in [2.75, 3.05) is 0 Å². The Morgan fingerprint density at radius 1 is 0.604 bits per heavy atom. The zero-order chi connectivity index (χ0) is 35.7. The first-order chi connectivity index (χ1) is 26.1. The van der Waals surface area contributed by atoms with Gasteiger partial charge in [0.05, 0.1) is 6.54 Å². The summed E-state index contributed by atoms with van der Waals surface area (Å²) in [7, 11) is 0. The fraction of sp³-hybridized carbons (Fsp3) is 0.176. The number of aryl methyl sites for hydroxylation is 1. The molecule has 0 N–H and O–H groups in total. The minimum Gasteiger partial charge on any atom is -0.261 e. The lowest BCUT2D eigenvalue weighted by molar-refractivity contribution is 0.578. The predicted molar refractivity (Wildman–Crippen MR) is 222 cm³/mol. The maximum Gasteiger partial charge on any atom is 0.155 e. The molecule has 1 unspecified atom stereocenters. The van der Waals surface area contributed by atoms with Crippen molar-refractivity contribution in [1.82, 2.24) is 0 Å². The number of hydrogen-bond donors (Lipinski definition) is 0. The van der Waals surface area contributed by atoms with Crippen molar-refractivity contribution in [3.05, 3.63) is 218 Å². The van der Waals surface area contributed by atoms with Gasteiger partial charge in [0.15, 0.2) is 5.84 Å². The maximum atomic E-state index is 5.07. The van der Waals surface area contributed by atoms with Crippen molar-refractivity contribution >= 4 is 17.1 Å². The van der Waals surface area contributed by atoms with Crippen LogP contribution < -0.4 is 0 Å². The van der Waals surface area contributed by atoms with Crippen LogP contribution in [0.2, 0.25) is 0 Å². The van der Waals surface area contributed by atoms with Crippen LogP contribution in [0.25, 0.3) is 16.7 Å². The van der Waals surface area contributed by atoms with Crippen LogP contribution in [0.4, 0.5) is 0 Å². The highest BCUT2D eigenvalue weighted by Gasteiger charge is 2.31. The van der Waals surface area contributed by atoms with E-state index in [-0.39, 0.29) is 0 Å². The van der Waals surface area contributed by atoms with E-state index in [9.17, 15) is 0 Å². The Bertz CT molecular complexity index is 2460. The molecule has 4 aliphatic carbocycles. The third-order valence-electron chi connectivity index (χ3n) is 11.4. The van der Waals surface area contributed by atoms with E-state index in [4.69, 9.17) is 9.98 Å². The predicted octanol–water partition coefficient (Wildman–Crippen LogP) is 11.8. The topological polar surface area (TPSA) is 24.7 Å². The van der Waals surface area contributed by atoms with E-state index in [1.165, 1.54) is 62.9 Å². The van der Waals surface area contributed by atoms with Gasteiger partial charge in [-0.05, 0) is 113 Å². The van der Waals surface area contributed by atoms with E-state index in [0.29, 0.717) is 6.54 Å². The van der Waals surface area contributed by atoms with Crippen molar-refractivity contribution in [3.8, 4) is 11.1 Å². The molecule has 6 aromatic rings. The van der Waals surface area contributed by atoms with Gasteiger partial charge in [-0.15, -0.1) is 0 Å². The molecule has 0 bridgehead atoms. The Hall–Kier alpha value is -5.86.